The molecule has 0 aliphatic heterocycles. The molecule has 2 heteroatoms. The summed E-state index contributed by atoms with van der Waals surface area (Å²) in [6, 6.07) is 15.6. The molecule has 0 nitrogen and oxygen atoms in total. The highest BCUT2D eigenvalue weighted by atomic mass is 32.2. The second-order valence-corrected chi connectivity index (χ2v) is 6.96. The van der Waals surface area contributed by atoms with E-state index < -0.39 is 0 Å². The zero-order chi connectivity index (χ0) is 15.2. The summed E-state index contributed by atoms with van der Waals surface area (Å²) < 4.78 is 13.2. The van der Waals surface area contributed by atoms with Crippen LogP contribution in [0.15, 0.2) is 65.6 Å². The smallest absolute Gasteiger partial charge is 0.123 e. The molecule has 22 heavy (non-hydrogen) atoms. The first-order chi connectivity index (χ1) is 10.7. The molecule has 2 aromatic rings. The summed E-state index contributed by atoms with van der Waals surface area (Å²) in [5.74, 6) is -0.182. The molecule has 0 aromatic heterocycles. The molecular weight excluding hydrogens is 291 g/mol. The quantitative estimate of drug-likeness (QED) is 0.645. The van der Waals surface area contributed by atoms with E-state index in [-0.39, 0.29) is 11.2 Å². The zero-order valence-corrected chi connectivity index (χ0v) is 13.3. The van der Waals surface area contributed by atoms with E-state index in [9.17, 15) is 4.39 Å². The van der Waals surface area contributed by atoms with E-state index in [1.165, 1.54) is 34.4 Å². The highest BCUT2D eigenvalue weighted by Gasteiger charge is 2.43. The van der Waals surface area contributed by atoms with Crippen molar-refractivity contribution in [3.8, 4) is 0 Å². The number of benzene rings is 2. The van der Waals surface area contributed by atoms with E-state index in [0.717, 1.165) is 5.56 Å². The van der Waals surface area contributed by atoms with Crippen molar-refractivity contribution in [2.75, 3.05) is 6.26 Å². The van der Waals surface area contributed by atoms with Crippen LogP contribution in [0.2, 0.25) is 0 Å². The van der Waals surface area contributed by atoms with Gasteiger partial charge in [-0.3, -0.25) is 0 Å². The number of rotatable bonds is 3. The molecule has 0 bridgehead atoms. The van der Waals surface area contributed by atoms with Gasteiger partial charge in [-0.25, -0.2) is 4.39 Å². The SMILES string of the molecule is CSc1ccc(C2=CC3(C=C2c2ccc(F)cc2)CC3)cc1. The van der Waals surface area contributed by atoms with Crippen molar-refractivity contribution in [2.45, 2.75) is 17.7 Å². The maximum Gasteiger partial charge on any atom is 0.123 e. The summed E-state index contributed by atoms with van der Waals surface area (Å²) in [5, 5.41) is 0. The molecule has 0 N–H and O–H groups in total. The van der Waals surface area contributed by atoms with Gasteiger partial charge in [0.05, 0.1) is 0 Å². The average Bonchev–Trinajstić information content (AvgIpc) is 3.20. The number of halogens is 1. The molecule has 4 rings (SSSR count). The average molecular weight is 308 g/mol. The van der Waals surface area contributed by atoms with Crippen molar-refractivity contribution in [3.63, 3.8) is 0 Å². The number of hydrogen-bond donors (Lipinski definition) is 0. The van der Waals surface area contributed by atoms with E-state index in [4.69, 9.17) is 0 Å². The third-order valence-electron chi connectivity index (χ3n) is 4.54. The Bertz CT molecular complexity index is 762. The standard InChI is InChI=1S/C20H17FS/c1-22-17-8-4-15(5-9-17)19-13-20(10-11-20)12-18(19)14-2-6-16(21)7-3-14/h2-9,12-13H,10-11H2,1H3. The van der Waals surface area contributed by atoms with E-state index in [1.807, 2.05) is 12.1 Å². The van der Waals surface area contributed by atoms with Gasteiger partial charge in [0.15, 0.2) is 0 Å². The fourth-order valence-electron chi connectivity index (χ4n) is 3.08. The monoisotopic (exact) mass is 308 g/mol. The molecule has 0 radical (unpaired) electrons. The van der Waals surface area contributed by atoms with Gasteiger partial charge < -0.3 is 0 Å². The molecule has 0 heterocycles. The molecule has 1 fully saturated rings. The van der Waals surface area contributed by atoms with Crippen molar-refractivity contribution in [2.24, 2.45) is 5.41 Å². The van der Waals surface area contributed by atoms with Gasteiger partial charge in [-0.05, 0) is 65.6 Å². The van der Waals surface area contributed by atoms with Gasteiger partial charge in [-0.1, -0.05) is 36.4 Å². The maximum absolute atomic E-state index is 13.2. The predicted molar refractivity (Wildman–Crippen MR) is 92.2 cm³/mol. The minimum atomic E-state index is -0.182. The lowest BCUT2D eigenvalue weighted by molar-refractivity contribution is 0.627. The van der Waals surface area contributed by atoms with Crippen LogP contribution < -0.4 is 0 Å². The van der Waals surface area contributed by atoms with Gasteiger partial charge in [-0.2, -0.15) is 0 Å². The van der Waals surface area contributed by atoms with Crippen molar-refractivity contribution in [1.82, 2.24) is 0 Å². The first kappa shape index (κ1) is 13.8. The topological polar surface area (TPSA) is 0 Å². The Labute approximate surface area is 134 Å². The number of allylic oxidation sites excluding steroid dienone is 4. The lowest BCUT2D eigenvalue weighted by Gasteiger charge is -2.10. The van der Waals surface area contributed by atoms with Gasteiger partial charge in [0.2, 0.25) is 0 Å². The number of hydrogen-bond acceptors (Lipinski definition) is 1. The Morgan fingerprint density at radius 3 is 1.77 bits per heavy atom. The fraction of sp³-hybridized carbons (Fsp3) is 0.200. The van der Waals surface area contributed by atoms with Gasteiger partial charge in [-0.15, -0.1) is 11.8 Å². The Kier molecular flexibility index (Phi) is 3.23. The van der Waals surface area contributed by atoms with Crippen LogP contribution in [0.25, 0.3) is 11.1 Å². The van der Waals surface area contributed by atoms with E-state index in [1.54, 1.807) is 23.9 Å². The summed E-state index contributed by atoms with van der Waals surface area (Å²) in [4.78, 5) is 1.27. The molecular formula is C20H17FS. The minimum Gasteiger partial charge on any atom is -0.207 e. The van der Waals surface area contributed by atoms with Crippen molar-refractivity contribution < 1.29 is 4.39 Å². The molecule has 110 valence electrons. The lowest BCUT2D eigenvalue weighted by atomic mass is 9.95. The van der Waals surface area contributed by atoms with Crippen LogP contribution in [0.1, 0.15) is 24.0 Å². The summed E-state index contributed by atoms with van der Waals surface area (Å²) in [6.07, 6.45) is 9.32. The summed E-state index contributed by atoms with van der Waals surface area (Å²) >= 11 is 1.76. The van der Waals surface area contributed by atoms with Crippen LogP contribution in [0, 0.1) is 11.2 Å². The molecule has 0 atom stereocenters. The highest BCUT2D eigenvalue weighted by molar-refractivity contribution is 7.98. The molecule has 2 aromatic carbocycles. The normalized spacial score (nSPS) is 18.3. The van der Waals surface area contributed by atoms with Crippen LogP contribution in [0.3, 0.4) is 0 Å². The molecule has 0 unspecified atom stereocenters. The fourth-order valence-corrected chi connectivity index (χ4v) is 3.49. The largest absolute Gasteiger partial charge is 0.207 e. The number of thioether (sulfide) groups is 1. The second-order valence-electron chi connectivity index (χ2n) is 6.08. The molecule has 2 aliphatic carbocycles. The Balaban J connectivity index is 1.76. The second kappa shape index (κ2) is 5.13. The lowest BCUT2D eigenvalue weighted by Crippen LogP contribution is -1.88. The van der Waals surface area contributed by atoms with Crippen molar-refractivity contribution >= 4 is 22.9 Å². The molecule has 0 saturated heterocycles. The molecule has 1 saturated carbocycles. The molecule has 2 aliphatic rings. The minimum absolute atomic E-state index is 0.182. The molecule has 1 spiro atoms. The Morgan fingerprint density at radius 2 is 1.32 bits per heavy atom. The van der Waals surface area contributed by atoms with Gasteiger partial charge in [0.25, 0.3) is 0 Å². The van der Waals surface area contributed by atoms with E-state index in [0.29, 0.717) is 0 Å². The maximum atomic E-state index is 13.2. The van der Waals surface area contributed by atoms with Crippen molar-refractivity contribution in [3.05, 3.63) is 77.6 Å². The van der Waals surface area contributed by atoms with Crippen molar-refractivity contribution in [1.29, 1.82) is 0 Å². The summed E-state index contributed by atoms with van der Waals surface area (Å²) in [5.41, 5.74) is 5.14. The first-order valence-electron chi connectivity index (χ1n) is 7.56. The van der Waals surface area contributed by atoms with Crippen LogP contribution in [-0.2, 0) is 0 Å². The predicted octanol–water partition coefficient (Wildman–Crippen LogP) is 5.81. The molecule has 0 amide bonds. The highest BCUT2D eigenvalue weighted by Crippen LogP contribution is 2.57. The van der Waals surface area contributed by atoms with E-state index in [2.05, 4.69) is 42.7 Å². The Morgan fingerprint density at radius 1 is 0.818 bits per heavy atom. The van der Waals surface area contributed by atoms with Crippen LogP contribution in [-0.4, -0.2) is 6.26 Å². The van der Waals surface area contributed by atoms with Crippen LogP contribution in [0.5, 0.6) is 0 Å². The van der Waals surface area contributed by atoms with Gasteiger partial charge in [0, 0.05) is 10.3 Å². The third kappa shape index (κ3) is 2.42. The third-order valence-corrected chi connectivity index (χ3v) is 5.28. The summed E-state index contributed by atoms with van der Waals surface area (Å²) in [7, 11) is 0. The van der Waals surface area contributed by atoms with Crippen LogP contribution >= 0.6 is 11.8 Å². The first-order valence-corrected chi connectivity index (χ1v) is 8.78. The van der Waals surface area contributed by atoms with E-state index >= 15 is 0 Å². The zero-order valence-electron chi connectivity index (χ0n) is 12.5. The van der Waals surface area contributed by atoms with Gasteiger partial charge >= 0.3 is 0 Å². The Hall–Kier alpha value is -1.80. The van der Waals surface area contributed by atoms with Crippen LogP contribution in [0.4, 0.5) is 4.39 Å². The van der Waals surface area contributed by atoms with Gasteiger partial charge in [0.1, 0.15) is 5.82 Å². The summed E-state index contributed by atoms with van der Waals surface area (Å²) in [6.45, 7) is 0.